The van der Waals surface area contributed by atoms with Gasteiger partial charge in [0.2, 0.25) is 0 Å². The Morgan fingerprint density at radius 1 is 0.840 bits per heavy atom. The normalized spacial score (nSPS) is 25.2. The number of phenols is 1. The number of aromatic hydroxyl groups is 1. The van der Waals surface area contributed by atoms with Gasteiger partial charge in [0.25, 0.3) is 0 Å². The minimum absolute atomic E-state index is 0.241. The maximum atomic E-state index is 10.4. The topological polar surface area (TPSA) is 46.9 Å². The van der Waals surface area contributed by atoms with Crippen molar-refractivity contribution in [1.29, 1.82) is 0 Å². The van der Waals surface area contributed by atoms with Crippen LogP contribution in [-0.2, 0) is 6.54 Å². The molecular weight excluding hydrogens is 312 g/mol. The first-order valence-electron chi connectivity index (χ1n) is 9.13. The van der Waals surface area contributed by atoms with E-state index in [0.717, 1.165) is 50.1 Å². The lowest BCUT2D eigenvalue weighted by Gasteiger charge is -2.23. The van der Waals surface area contributed by atoms with E-state index >= 15 is 0 Å². The van der Waals surface area contributed by atoms with Gasteiger partial charge < -0.3 is 10.2 Å². The molecule has 2 N–H and O–H groups in total. The van der Waals surface area contributed by atoms with E-state index in [1.165, 1.54) is 5.56 Å². The fourth-order valence-electron chi connectivity index (χ4n) is 4.35. The van der Waals surface area contributed by atoms with Crippen molar-refractivity contribution in [3.8, 4) is 5.75 Å². The number of aliphatic hydroxyl groups excluding tert-OH is 1. The molecule has 0 aliphatic carbocycles. The molecule has 0 spiro atoms. The summed E-state index contributed by atoms with van der Waals surface area (Å²) < 4.78 is 0. The van der Waals surface area contributed by atoms with Crippen molar-refractivity contribution in [2.24, 2.45) is 11.8 Å². The van der Waals surface area contributed by atoms with Gasteiger partial charge in [-0.25, -0.2) is 0 Å². The SMILES string of the molecule is Oc1ccc(C(O)CN2CC3CN(Cc4ccccc4)CC3C2)cc1. The molecule has 0 bridgehead atoms. The number of rotatable bonds is 5. The lowest BCUT2D eigenvalue weighted by molar-refractivity contribution is 0.118. The van der Waals surface area contributed by atoms with E-state index < -0.39 is 6.10 Å². The van der Waals surface area contributed by atoms with Crippen molar-refractivity contribution in [3.63, 3.8) is 0 Å². The summed E-state index contributed by atoms with van der Waals surface area (Å²) in [7, 11) is 0. The van der Waals surface area contributed by atoms with Gasteiger partial charge in [0, 0.05) is 39.3 Å². The summed E-state index contributed by atoms with van der Waals surface area (Å²) >= 11 is 0. The minimum atomic E-state index is -0.486. The standard InChI is InChI=1S/C21H26N2O2/c24-20-8-6-17(7-9-20)21(25)15-23-13-18-11-22(12-19(18)14-23)10-16-4-2-1-3-5-16/h1-9,18-19,21,24-25H,10-15H2. The maximum absolute atomic E-state index is 10.4. The van der Waals surface area contributed by atoms with Crippen molar-refractivity contribution in [3.05, 3.63) is 65.7 Å². The molecule has 4 nitrogen and oxygen atoms in total. The molecule has 2 fully saturated rings. The van der Waals surface area contributed by atoms with Gasteiger partial charge in [0.05, 0.1) is 6.10 Å². The quantitative estimate of drug-likeness (QED) is 0.879. The minimum Gasteiger partial charge on any atom is -0.508 e. The first kappa shape index (κ1) is 16.6. The smallest absolute Gasteiger partial charge is 0.115 e. The molecule has 25 heavy (non-hydrogen) atoms. The summed E-state index contributed by atoms with van der Waals surface area (Å²) in [5.74, 6) is 1.68. The van der Waals surface area contributed by atoms with Gasteiger partial charge >= 0.3 is 0 Å². The van der Waals surface area contributed by atoms with E-state index in [0.29, 0.717) is 6.54 Å². The Morgan fingerprint density at radius 2 is 1.44 bits per heavy atom. The Morgan fingerprint density at radius 3 is 2.08 bits per heavy atom. The van der Waals surface area contributed by atoms with Crippen LogP contribution in [0.25, 0.3) is 0 Å². The van der Waals surface area contributed by atoms with Gasteiger partial charge in [-0.1, -0.05) is 42.5 Å². The predicted octanol–water partition coefficient (Wildman–Crippen LogP) is 2.49. The van der Waals surface area contributed by atoms with Gasteiger partial charge in [0.1, 0.15) is 5.75 Å². The molecule has 2 aliphatic rings. The third kappa shape index (κ3) is 3.87. The van der Waals surface area contributed by atoms with Crippen LogP contribution in [0.15, 0.2) is 54.6 Å². The van der Waals surface area contributed by atoms with Gasteiger partial charge in [-0.05, 0) is 35.1 Å². The van der Waals surface area contributed by atoms with E-state index in [1.807, 2.05) is 0 Å². The highest BCUT2D eigenvalue weighted by atomic mass is 16.3. The summed E-state index contributed by atoms with van der Waals surface area (Å²) in [6.45, 7) is 6.19. The molecule has 2 saturated heterocycles. The average molecular weight is 338 g/mol. The van der Waals surface area contributed by atoms with Crippen molar-refractivity contribution >= 4 is 0 Å². The Kier molecular flexibility index (Phi) is 4.75. The lowest BCUT2D eigenvalue weighted by atomic mass is 10.0. The van der Waals surface area contributed by atoms with E-state index in [9.17, 15) is 10.2 Å². The molecule has 0 saturated carbocycles. The number of hydrogen-bond acceptors (Lipinski definition) is 4. The summed E-state index contributed by atoms with van der Waals surface area (Å²) in [4.78, 5) is 4.96. The highest BCUT2D eigenvalue weighted by Gasteiger charge is 2.40. The number of fused-ring (bicyclic) bond motifs is 1. The predicted molar refractivity (Wildman–Crippen MR) is 98.2 cm³/mol. The van der Waals surface area contributed by atoms with Crippen LogP contribution in [0.1, 0.15) is 17.2 Å². The van der Waals surface area contributed by atoms with Crippen molar-refractivity contribution < 1.29 is 10.2 Å². The molecule has 132 valence electrons. The summed E-state index contributed by atoms with van der Waals surface area (Å²) in [6.07, 6.45) is -0.486. The van der Waals surface area contributed by atoms with E-state index in [4.69, 9.17) is 0 Å². The van der Waals surface area contributed by atoms with Gasteiger partial charge in [-0.2, -0.15) is 0 Å². The van der Waals surface area contributed by atoms with Crippen LogP contribution >= 0.6 is 0 Å². The van der Waals surface area contributed by atoms with Crippen LogP contribution in [0.4, 0.5) is 0 Å². The molecule has 0 radical (unpaired) electrons. The first-order chi connectivity index (χ1) is 12.2. The number of nitrogens with zero attached hydrogens (tertiary/aromatic N) is 2. The van der Waals surface area contributed by atoms with Crippen molar-refractivity contribution in [2.45, 2.75) is 12.6 Å². The second-order valence-electron chi connectivity index (χ2n) is 7.53. The third-order valence-electron chi connectivity index (χ3n) is 5.60. The highest BCUT2D eigenvalue weighted by Crippen LogP contribution is 2.33. The van der Waals surface area contributed by atoms with Crippen molar-refractivity contribution in [2.75, 3.05) is 32.7 Å². The van der Waals surface area contributed by atoms with E-state index in [2.05, 4.69) is 40.1 Å². The Balaban J connectivity index is 1.28. The Hall–Kier alpha value is -1.88. The van der Waals surface area contributed by atoms with Crippen LogP contribution in [0.5, 0.6) is 5.75 Å². The number of phenolic OH excluding ortho intramolecular Hbond substituents is 1. The summed E-state index contributed by atoms with van der Waals surface area (Å²) in [5, 5.41) is 19.8. The second-order valence-corrected chi connectivity index (χ2v) is 7.53. The molecule has 0 aromatic heterocycles. The lowest BCUT2D eigenvalue weighted by Crippen LogP contribution is -2.31. The largest absolute Gasteiger partial charge is 0.508 e. The zero-order valence-corrected chi connectivity index (χ0v) is 14.5. The molecule has 3 atom stereocenters. The summed E-state index contributed by atoms with van der Waals surface area (Å²) in [6, 6.07) is 17.6. The maximum Gasteiger partial charge on any atom is 0.115 e. The van der Waals surface area contributed by atoms with Gasteiger partial charge in [0.15, 0.2) is 0 Å². The average Bonchev–Trinajstić information content (AvgIpc) is 3.14. The Labute approximate surface area is 149 Å². The zero-order chi connectivity index (χ0) is 17.2. The van der Waals surface area contributed by atoms with E-state index in [-0.39, 0.29) is 5.75 Å². The van der Waals surface area contributed by atoms with Crippen LogP contribution in [0.3, 0.4) is 0 Å². The number of benzene rings is 2. The van der Waals surface area contributed by atoms with Gasteiger partial charge in [-0.3, -0.25) is 9.80 Å². The molecule has 4 heteroatoms. The fraction of sp³-hybridized carbons (Fsp3) is 0.429. The zero-order valence-electron chi connectivity index (χ0n) is 14.5. The van der Waals surface area contributed by atoms with Crippen LogP contribution in [0, 0.1) is 11.8 Å². The molecule has 3 unspecified atom stereocenters. The van der Waals surface area contributed by atoms with Crippen LogP contribution in [-0.4, -0.2) is 52.7 Å². The molecule has 2 aromatic carbocycles. The molecular formula is C21H26N2O2. The fourth-order valence-corrected chi connectivity index (χ4v) is 4.35. The first-order valence-corrected chi connectivity index (χ1v) is 9.13. The van der Waals surface area contributed by atoms with Crippen LogP contribution in [0.2, 0.25) is 0 Å². The highest BCUT2D eigenvalue weighted by molar-refractivity contribution is 5.27. The monoisotopic (exact) mass is 338 g/mol. The molecule has 0 amide bonds. The molecule has 2 aromatic rings. The number of hydrogen-bond donors (Lipinski definition) is 2. The van der Waals surface area contributed by atoms with Gasteiger partial charge in [-0.15, -0.1) is 0 Å². The van der Waals surface area contributed by atoms with Crippen LogP contribution < -0.4 is 0 Å². The second kappa shape index (κ2) is 7.16. The number of aliphatic hydroxyl groups is 1. The number of β-amino-alcohol motifs (C(OH)–C–C–N with tert-alkyl or cyclic N) is 1. The van der Waals surface area contributed by atoms with E-state index in [1.54, 1.807) is 24.3 Å². The molecule has 2 aliphatic heterocycles. The molecule has 4 rings (SSSR count). The Bertz CT molecular complexity index is 675. The molecule has 2 heterocycles. The third-order valence-corrected chi connectivity index (χ3v) is 5.60. The van der Waals surface area contributed by atoms with Crippen molar-refractivity contribution in [1.82, 2.24) is 9.80 Å². The summed E-state index contributed by atoms with van der Waals surface area (Å²) in [5.41, 5.74) is 2.27. The number of likely N-dealkylation sites (tertiary alicyclic amines) is 2.